The molecule has 0 unspecified atom stereocenters. The van der Waals surface area contributed by atoms with Gasteiger partial charge in [0.05, 0.1) is 5.75 Å². The van der Waals surface area contributed by atoms with Crippen LogP contribution in [0.5, 0.6) is 5.75 Å². The van der Waals surface area contributed by atoms with Crippen molar-refractivity contribution in [3.05, 3.63) is 65.7 Å². The highest BCUT2D eigenvalue weighted by Gasteiger charge is 2.16. The Kier molecular flexibility index (Phi) is 5.44. The molecule has 2 rings (SSSR count). The smallest absolute Gasteiger partial charge is 0.216 e. The average molecular weight is 333 g/mol. The maximum Gasteiger partial charge on any atom is 0.216 e. The Morgan fingerprint density at radius 1 is 0.957 bits per heavy atom. The lowest BCUT2D eigenvalue weighted by Crippen LogP contribution is -2.27. The van der Waals surface area contributed by atoms with Crippen LogP contribution in [0.2, 0.25) is 0 Å². The Hall–Kier alpha value is -1.85. The number of hydrogen-bond donors (Lipinski definition) is 1. The van der Waals surface area contributed by atoms with E-state index in [4.69, 9.17) is 4.74 Å². The summed E-state index contributed by atoms with van der Waals surface area (Å²) in [5, 5.41) is 0. The van der Waals surface area contributed by atoms with E-state index in [1.165, 1.54) is 0 Å². The van der Waals surface area contributed by atoms with Crippen LogP contribution in [0.25, 0.3) is 0 Å². The van der Waals surface area contributed by atoms with Crippen LogP contribution < -0.4 is 9.46 Å². The molecule has 0 bridgehead atoms. The van der Waals surface area contributed by atoms with Crippen molar-refractivity contribution in [3.8, 4) is 5.75 Å². The van der Waals surface area contributed by atoms with Gasteiger partial charge in [0, 0.05) is 12.1 Å². The van der Waals surface area contributed by atoms with Crippen molar-refractivity contribution in [2.75, 3.05) is 0 Å². The Morgan fingerprint density at radius 2 is 1.57 bits per heavy atom. The van der Waals surface area contributed by atoms with Gasteiger partial charge in [-0.1, -0.05) is 48.5 Å². The molecule has 0 saturated heterocycles. The average Bonchev–Trinajstić information content (AvgIpc) is 2.45. The summed E-state index contributed by atoms with van der Waals surface area (Å²) in [5.41, 5.74) is 1.25. The van der Waals surface area contributed by atoms with Gasteiger partial charge in [0.1, 0.15) is 11.4 Å². The van der Waals surface area contributed by atoms with Crippen molar-refractivity contribution in [2.45, 2.75) is 38.7 Å². The topological polar surface area (TPSA) is 55.4 Å². The molecule has 0 fully saturated rings. The van der Waals surface area contributed by atoms with Crippen LogP contribution in [0.15, 0.2) is 54.6 Å². The van der Waals surface area contributed by atoms with E-state index in [1.807, 2.05) is 63.2 Å². The zero-order valence-corrected chi connectivity index (χ0v) is 14.6. The van der Waals surface area contributed by atoms with Gasteiger partial charge in [-0.2, -0.15) is 0 Å². The van der Waals surface area contributed by atoms with Crippen LogP contribution in [0.4, 0.5) is 0 Å². The second kappa shape index (κ2) is 7.15. The van der Waals surface area contributed by atoms with Gasteiger partial charge in [0.2, 0.25) is 10.0 Å². The number of nitrogens with one attached hydrogen (secondary N) is 1. The summed E-state index contributed by atoms with van der Waals surface area (Å²) in [5.74, 6) is 0.665. The third-order valence-corrected chi connectivity index (χ3v) is 4.37. The standard InChI is InChI=1S/C18H23NO3S/c1-18(2,3)22-17-12-8-7-11-16(17)13-19-23(20,21)14-15-9-5-4-6-10-15/h4-12,19H,13-14H2,1-3H3. The van der Waals surface area contributed by atoms with Crippen LogP contribution in [0, 0.1) is 0 Å². The summed E-state index contributed by atoms with van der Waals surface area (Å²) >= 11 is 0. The molecule has 2 aromatic rings. The van der Waals surface area contributed by atoms with E-state index in [-0.39, 0.29) is 17.9 Å². The fourth-order valence-electron chi connectivity index (χ4n) is 2.11. The van der Waals surface area contributed by atoms with E-state index in [9.17, 15) is 8.42 Å². The molecule has 124 valence electrons. The third kappa shape index (κ3) is 6.04. The van der Waals surface area contributed by atoms with Crippen LogP contribution in [-0.4, -0.2) is 14.0 Å². The van der Waals surface area contributed by atoms with E-state index >= 15 is 0 Å². The number of hydrogen-bond acceptors (Lipinski definition) is 3. The maximum absolute atomic E-state index is 12.2. The van der Waals surface area contributed by atoms with E-state index in [2.05, 4.69) is 4.72 Å². The largest absolute Gasteiger partial charge is 0.488 e. The van der Waals surface area contributed by atoms with E-state index in [0.29, 0.717) is 5.75 Å². The molecule has 0 aliphatic heterocycles. The monoisotopic (exact) mass is 333 g/mol. The molecule has 1 N–H and O–H groups in total. The highest BCUT2D eigenvalue weighted by Crippen LogP contribution is 2.23. The van der Waals surface area contributed by atoms with Crippen molar-refractivity contribution in [2.24, 2.45) is 0 Å². The van der Waals surface area contributed by atoms with Gasteiger partial charge in [-0.25, -0.2) is 13.1 Å². The first-order chi connectivity index (χ1) is 10.8. The van der Waals surface area contributed by atoms with Crippen molar-refractivity contribution >= 4 is 10.0 Å². The molecule has 4 nitrogen and oxygen atoms in total. The highest BCUT2D eigenvalue weighted by molar-refractivity contribution is 7.88. The zero-order chi connectivity index (χ0) is 16.9. The number of sulfonamides is 1. The van der Waals surface area contributed by atoms with Crippen molar-refractivity contribution in [3.63, 3.8) is 0 Å². The summed E-state index contributed by atoms with van der Waals surface area (Å²) in [6.45, 7) is 6.09. The van der Waals surface area contributed by atoms with Crippen LogP contribution in [0.3, 0.4) is 0 Å². The Labute approximate surface area is 138 Å². The summed E-state index contributed by atoms with van der Waals surface area (Å²) in [6.07, 6.45) is 0. The predicted molar refractivity (Wildman–Crippen MR) is 92.7 cm³/mol. The number of para-hydroxylation sites is 1. The highest BCUT2D eigenvalue weighted by atomic mass is 32.2. The third-order valence-electron chi connectivity index (χ3n) is 3.07. The van der Waals surface area contributed by atoms with Crippen molar-refractivity contribution < 1.29 is 13.2 Å². The first kappa shape index (κ1) is 17.5. The van der Waals surface area contributed by atoms with Crippen molar-refractivity contribution in [1.82, 2.24) is 4.72 Å². The molecule has 2 aromatic carbocycles. The number of ether oxygens (including phenoxy) is 1. The van der Waals surface area contributed by atoms with E-state index < -0.39 is 10.0 Å². The Bertz CT molecular complexity index is 734. The fraction of sp³-hybridized carbons (Fsp3) is 0.333. The fourth-order valence-corrected chi connectivity index (χ4v) is 3.22. The normalized spacial score (nSPS) is 12.1. The van der Waals surface area contributed by atoms with Gasteiger partial charge < -0.3 is 4.74 Å². The molecule has 0 aromatic heterocycles. The first-order valence-corrected chi connectivity index (χ1v) is 9.19. The Balaban J connectivity index is 2.06. The minimum Gasteiger partial charge on any atom is -0.488 e. The lowest BCUT2D eigenvalue weighted by molar-refractivity contribution is 0.129. The van der Waals surface area contributed by atoms with Crippen LogP contribution >= 0.6 is 0 Å². The molecule has 23 heavy (non-hydrogen) atoms. The molecule has 0 aliphatic carbocycles. The van der Waals surface area contributed by atoms with E-state index in [1.54, 1.807) is 12.1 Å². The van der Waals surface area contributed by atoms with Gasteiger partial charge in [0.25, 0.3) is 0 Å². The number of rotatable bonds is 6. The zero-order valence-electron chi connectivity index (χ0n) is 13.7. The molecule has 0 saturated carbocycles. The molecule has 5 heteroatoms. The molecular weight excluding hydrogens is 310 g/mol. The van der Waals surface area contributed by atoms with Gasteiger partial charge >= 0.3 is 0 Å². The summed E-state index contributed by atoms with van der Waals surface area (Å²) in [4.78, 5) is 0. The van der Waals surface area contributed by atoms with Gasteiger partial charge in [-0.05, 0) is 32.4 Å². The molecule has 0 heterocycles. The number of benzene rings is 2. The molecule has 0 radical (unpaired) electrons. The summed E-state index contributed by atoms with van der Waals surface area (Å²) in [6, 6.07) is 16.6. The van der Waals surface area contributed by atoms with Gasteiger partial charge in [0.15, 0.2) is 0 Å². The van der Waals surface area contributed by atoms with E-state index in [0.717, 1.165) is 11.1 Å². The molecule has 0 spiro atoms. The summed E-state index contributed by atoms with van der Waals surface area (Å²) in [7, 11) is -3.40. The Morgan fingerprint density at radius 3 is 2.22 bits per heavy atom. The lowest BCUT2D eigenvalue weighted by atomic mass is 10.1. The molecule has 0 aliphatic rings. The second-order valence-electron chi connectivity index (χ2n) is 6.39. The van der Waals surface area contributed by atoms with Gasteiger partial charge in [-0.3, -0.25) is 0 Å². The lowest BCUT2D eigenvalue weighted by Gasteiger charge is -2.23. The molecular formula is C18H23NO3S. The maximum atomic E-state index is 12.2. The van der Waals surface area contributed by atoms with Crippen LogP contribution in [0.1, 0.15) is 31.9 Å². The van der Waals surface area contributed by atoms with Gasteiger partial charge in [-0.15, -0.1) is 0 Å². The SMILES string of the molecule is CC(C)(C)Oc1ccccc1CNS(=O)(=O)Cc1ccccc1. The minimum absolute atomic E-state index is 0.0316. The van der Waals surface area contributed by atoms with Crippen LogP contribution in [-0.2, 0) is 22.3 Å². The summed E-state index contributed by atoms with van der Waals surface area (Å²) < 4.78 is 33.0. The minimum atomic E-state index is -3.40. The second-order valence-corrected chi connectivity index (χ2v) is 8.19. The molecule has 0 atom stereocenters. The molecule has 0 amide bonds. The first-order valence-electron chi connectivity index (χ1n) is 7.53. The predicted octanol–water partition coefficient (Wildman–Crippen LogP) is 3.48. The quantitative estimate of drug-likeness (QED) is 0.880. The van der Waals surface area contributed by atoms with Crippen molar-refractivity contribution in [1.29, 1.82) is 0 Å².